The number of nitrogens with zero attached hydrogens (tertiary/aromatic N) is 3. The number of nitrogens with one attached hydrogen (secondary N) is 2. The van der Waals surface area contributed by atoms with Crippen molar-refractivity contribution in [1.29, 1.82) is 0 Å². The van der Waals surface area contributed by atoms with Crippen LogP contribution in [0.4, 0.5) is 17.3 Å². The topological polar surface area (TPSA) is 93.0 Å². The van der Waals surface area contributed by atoms with E-state index in [4.69, 9.17) is 0 Å². The second-order valence-corrected chi connectivity index (χ2v) is 3.98. The molecule has 1 heterocycles. The Labute approximate surface area is 99.8 Å². The molecule has 1 rings (SSSR count). The van der Waals surface area contributed by atoms with Gasteiger partial charge in [0.2, 0.25) is 11.6 Å². The summed E-state index contributed by atoms with van der Waals surface area (Å²) in [6, 6.07) is 0. The molecule has 2 N–H and O–H groups in total. The first kappa shape index (κ1) is 13.1. The first-order valence-corrected chi connectivity index (χ1v) is 5.53. The Bertz CT molecular complexity index is 394. The van der Waals surface area contributed by atoms with Crippen LogP contribution in [0.5, 0.6) is 0 Å². The van der Waals surface area contributed by atoms with E-state index in [-0.39, 0.29) is 17.3 Å². The molecular formula is C10H17N5O2. The van der Waals surface area contributed by atoms with E-state index >= 15 is 0 Å². The van der Waals surface area contributed by atoms with Crippen LogP contribution in [0.25, 0.3) is 0 Å². The summed E-state index contributed by atoms with van der Waals surface area (Å²) in [5, 5.41) is 16.8. The molecule has 7 nitrogen and oxygen atoms in total. The maximum absolute atomic E-state index is 11.0. The maximum atomic E-state index is 11.0. The molecule has 94 valence electrons. The molecule has 0 aliphatic carbocycles. The number of anilines is 2. The molecule has 1 aromatic heterocycles. The van der Waals surface area contributed by atoms with Gasteiger partial charge in [0.05, 0.1) is 4.92 Å². The fourth-order valence-corrected chi connectivity index (χ4v) is 1.28. The third-order valence-corrected chi connectivity index (χ3v) is 2.03. The van der Waals surface area contributed by atoms with E-state index in [0.29, 0.717) is 19.0 Å². The smallest absolute Gasteiger partial charge is 0.353 e. The van der Waals surface area contributed by atoms with Crippen LogP contribution in [0.1, 0.15) is 20.8 Å². The molecule has 0 saturated carbocycles. The summed E-state index contributed by atoms with van der Waals surface area (Å²) in [5.41, 5.74) is -0.102. The zero-order valence-electron chi connectivity index (χ0n) is 10.2. The van der Waals surface area contributed by atoms with Gasteiger partial charge >= 0.3 is 5.69 Å². The predicted octanol–water partition coefficient (Wildman–Crippen LogP) is 1.88. The fraction of sp³-hybridized carbons (Fsp3) is 0.600. The highest BCUT2D eigenvalue weighted by Gasteiger charge is 2.22. The molecule has 0 amide bonds. The Morgan fingerprint density at radius 3 is 2.41 bits per heavy atom. The van der Waals surface area contributed by atoms with E-state index in [1.807, 2.05) is 20.8 Å². The molecule has 7 heteroatoms. The van der Waals surface area contributed by atoms with Crippen LogP contribution < -0.4 is 10.6 Å². The summed E-state index contributed by atoms with van der Waals surface area (Å²) in [6.45, 7) is 7.09. The van der Waals surface area contributed by atoms with Gasteiger partial charge in [0.25, 0.3) is 0 Å². The van der Waals surface area contributed by atoms with Crippen molar-refractivity contribution < 1.29 is 4.92 Å². The van der Waals surface area contributed by atoms with Crippen LogP contribution in [0.2, 0.25) is 0 Å². The van der Waals surface area contributed by atoms with Crippen LogP contribution in [0, 0.1) is 16.0 Å². The fourth-order valence-electron chi connectivity index (χ4n) is 1.28. The lowest BCUT2D eigenvalue weighted by molar-refractivity contribution is -0.383. The van der Waals surface area contributed by atoms with Crippen molar-refractivity contribution in [2.45, 2.75) is 20.8 Å². The predicted molar refractivity (Wildman–Crippen MR) is 66.2 cm³/mol. The molecule has 0 aromatic carbocycles. The molecule has 0 spiro atoms. The Kier molecular flexibility index (Phi) is 4.62. The van der Waals surface area contributed by atoms with Gasteiger partial charge < -0.3 is 10.6 Å². The number of aromatic nitrogens is 2. The van der Waals surface area contributed by atoms with Crippen molar-refractivity contribution in [1.82, 2.24) is 9.97 Å². The highest BCUT2D eigenvalue weighted by molar-refractivity contribution is 5.69. The van der Waals surface area contributed by atoms with Crippen LogP contribution in [0.3, 0.4) is 0 Å². The van der Waals surface area contributed by atoms with Crippen molar-refractivity contribution in [3.05, 3.63) is 16.4 Å². The summed E-state index contributed by atoms with van der Waals surface area (Å²) in [7, 11) is 0. The number of hydrogen-bond donors (Lipinski definition) is 2. The van der Waals surface area contributed by atoms with E-state index in [1.165, 1.54) is 6.33 Å². The first-order valence-electron chi connectivity index (χ1n) is 5.53. The van der Waals surface area contributed by atoms with E-state index < -0.39 is 4.92 Å². The van der Waals surface area contributed by atoms with Crippen LogP contribution in [0.15, 0.2) is 6.33 Å². The lowest BCUT2D eigenvalue weighted by Gasteiger charge is -2.10. The van der Waals surface area contributed by atoms with E-state index in [9.17, 15) is 10.1 Å². The van der Waals surface area contributed by atoms with Gasteiger partial charge in [-0.3, -0.25) is 10.1 Å². The standard InChI is InChI=1S/C10H17N5O2/c1-4-11-9-8(15(16)17)10(14-6-13-9)12-5-7(2)3/h6-7H,4-5H2,1-3H3,(H2,11,12,13,14). The normalized spacial score (nSPS) is 10.4. The number of hydrogen-bond acceptors (Lipinski definition) is 6. The second-order valence-electron chi connectivity index (χ2n) is 3.98. The largest absolute Gasteiger partial charge is 0.364 e. The molecule has 0 radical (unpaired) electrons. The molecule has 1 aromatic rings. The third-order valence-electron chi connectivity index (χ3n) is 2.03. The van der Waals surface area contributed by atoms with Gasteiger partial charge in [0.15, 0.2) is 0 Å². The molecule has 0 atom stereocenters. The molecule has 0 bridgehead atoms. The van der Waals surface area contributed by atoms with Gasteiger partial charge in [-0.2, -0.15) is 0 Å². The van der Waals surface area contributed by atoms with Gasteiger partial charge in [-0.05, 0) is 12.8 Å². The van der Waals surface area contributed by atoms with Gasteiger partial charge in [-0.25, -0.2) is 9.97 Å². The average molecular weight is 239 g/mol. The van der Waals surface area contributed by atoms with Gasteiger partial charge in [-0.15, -0.1) is 0 Å². The van der Waals surface area contributed by atoms with Gasteiger partial charge in [-0.1, -0.05) is 13.8 Å². The van der Waals surface area contributed by atoms with Gasteiger partial charge in [0, 0.05) is 13.1 Å². The van der Waals surface area contributed by atoms with Crippen molar-refractivity contribution >= 4 is 17.3 Å². The highest BCUT2D eigenvalue weighted by Crippen LogP contribution is 2.28. The van der Waals surface area contributed by atoms with Crippen LogP contribution >= 0.6 is 0 Å². The monoisotopic (exact) mass is 239 g/mol. The molecular weight excluding hydrogens is 222 g/mol. The lowest BCUT2D eigenvalue weighted by atomic mass is 10.2. The number of nitro groups is 1. The van der Waals surface area contributed by atoms with Gasteiger partial charge in [0.1, 0.15) is 6.33 Å². The number of rotatable bonds is 6. The molecule has 0 aliphatic heterocycles. The minimum absolute atomic E-state index is 0.102. The Hall–Kier alpha value is -1.92. The Morgan fingerprint density at radius 1 is 1.35 bits per heavy atom. The summed E-state index contributed by atoms with van der Waals surface area (Å²) >= 11 is 0. The zero-order chi connectivity index (χ0) is 12.8. The second kappa shape index (κ2) is 5.97. The highest BCUT2D eigenvalue weighted by atomic mass is 16.6. The molecule has 0 saturated heterocycles. The summed E-state index contributed by atoms with van der Waals surface area (Å²) in [4.78, 5) is 18.3. The van der Waals surface area contributed by atoms with Crippen molar-refractivity contribution in [3.63, 3.8) is 0 Å². The van der Waals surface area contributed by atoms with Crippen molar-refractivity contribution in [2.24, 2.45) is 5.92 Å². The molecule has 0 aliphatic rings. The van der Waals surface area contributed by atoms with E-state index in [2.05, 4.69) is 20.6 Å². The summed E-state index contributed by atoms with van der Waals surface area (Å²) in [5.74, 6) is 0.889. The first-order chi connectivity index (χ1) is 8.06. The molecule has 17 heavy (non-hydrogen) atoms. The Balaban J connectivity index is 3.02. The minimum Gasteiger partial charge on any atom is -0.364 e. The third kappa shape index (κ3) is 3.54. The SMILES string of the molecule is CCNc1ncnc(NCC(C)C)c1[N+](=O)[O-]. The quantitative estimate of drug-likeness (QED) is 0.581. The average Bonchev–Trinajstić information content (AvgIpc) is 2.26. The molecule has 0 fully saturated rings. The summed E-state index contributed by atoms with van der Waals surface area (Å²) < 4.78 is 0. The van der Waals surface area contributed by atoms with E-state index in [1.54, 1.807) is 0 Å². The lowest BCUT2D eigenvalue weighted by Crippen LogP contribution is -2.13. The zero-order valence-corrected chi connectivity index (χ0v) is 10.2. The Morgan fingerprint density at radius 2 is 1.94 bits per heavy atom. The van der Waals surface area contributed by atoms with Crippen molar-refractivity contribution in [2.75, 3.05) is 23.7 Å². The van der Waals surface area contributed by atoms with Crippen LogP contribution in [-0.2, 0) is 0 Å². The van der Waals surface area contributed by atoms with Crippen LogP contribution in [-0.4, -0.2) is 28.0 Å². The van der Waals surface area contributed by atoms with E-state index in [0.717, 1.165) is 0 Å². The van der Waals surface area contributed by atoms with Crippen molar-refractivity contribution in [3.8, 4) is 0 Å². The maximum Gasteiger partial charge on any atom is 0.353 e. The minimum atomic E-state index is -0.472. The summed E-state index contributed by atoms with van der Waals surface area (Å²) in [6.07, 6.45) is 1.31. The molecule has 0 unspecified atom stereocenters.